The van der Waals surface area contributed by atoms with E-state index in [0.717, 1.165) is 17.8 Å². The number of carbonyl (C=O) groups is 2. The second-order valence-corrected chi connectivity index (χ2v) is 7.96. The van der Waals surface area contributed by atoms with E-state index in [-0.39, 0.29) is 11.2 Å². The van der Waals surface area contributed by atoms with Crippen LogP contribution in [0.1, 0.15) is 48.9 Å². The second kappa shape index (κ2) is 6.45. The molecule has 0 aromatic heterocycles. The third kappa shape index (κ3) is 3.43. The zero-order valence-electron chi connectivity index (χ0n) is 14.3. The number of carboxylic acid groups (broad SMARTS) is 1. The van der Waals surface area contributed by atoms with Crippen LogP contribution in [0.5, 0.6) is 5.75 Å². The Labute approximate surface area is 147 Å². The normalized spacial score (nSPS) is 32.6. The zero-order chi connectivity index (χ0) is 17.4. The van der Waals surface area contributed by atoms with E-state index < -0.39 is 11.8 Å². The average molecular weight is 344 g/mol. The average Bonchev–Trinajstić information content (AvgIpc) is 2.57. The largest absolute Gasteiger partial charge is 0.491 e. The monoisotopic (exact) mass is 344 g/mol. The maximum atomic E-state index is 11.4. The lowest BCUT2D eigenvalue weighted by Crippen LogP contribution is -2.52. The fourth-order valence-electron chi connectivity index (χ4n) is 5.45. The SMILES string of the molecule is O=C(O)C(=O)c1ccc(OCCOC23CC4CC(CC(C4)C2)C3)cc1. The van der Waals surface area contributed by atoms with Crippen molar-refractivity contribution in [2.45, 2.75) is 44.1 Å². The Morgan fingerprint density at radius 3 is 2.04 bits per heavy atom. The molecule has 1 N–H and O–H groups in total. The summed E-state index contributed by atoms with van der Waals surface area (Å²) < 4.78 is 12.0. The number of ether oxygens (including phenoxy) is 2. The number of carbonyl (C=O) groups excluding carboxylic acids is 1. The molecule has 0 atom stereocenters. The molecule has 1 aromatic carbocycles. The molecule has 4 bridgehead atoms. The first kappa shape index (κ1) is 16.6. The van der Waals surface area contributed by atoms with Crippen molar-refractivity contribution in [1.29, 1.82) is 0 Å². The highest BCUT2D eigenvalue weighted by Gasteiger charge is 2.51. The van der Waals surface area contributed by atoms with Gasteiger partial charge in [0.25, 0.3) is 5.78 Å². The Morgan fingerprint density at radius 2 is 1.52 bits per heavy atom. The molecule has 1 aromatic rings. The van der Waals surface area contributed by atoms with Gasteiger partial charge in [0.1, 0.15) is 12.4 Å². The Kier molecular flexibility index (Phi) is 4.28. The summed E-state index contributed by atoms with van der Waals surface area (Å²) in [5, 5.41) is 8.70. The molecule has 0 heterocycles. The van der Waals surface area contributed by atoms with Crippen LogP contribution in [-0.2, 0) is 9.53 Å². The van der Waals surface area contributed by atoms with Crippen LogP contribution in [-0.4, -0.2) is 35.7 Å². The third-order valence-corrected chi connectivity index (χ3v) is 6.05. The minimum atomic E-state index is -1.45. The zero-order valence-corrected chi connectivity index (χ0v) is 14.3. The minimum absolute atomic E-state index is 0.0931. The van der Waals surface area contributed by atoms with Gasteiger partial charge in [0, 0.05) is 5.56 Å². The molecule has 25 heavy (non-hydrogen) atoms. The molecular weight excluding hydrogens is 320 g/mol. The van der Waals surface area contributed by atoms with Crippen molar-refractivity contribution in [1.82, 2.24) is 0 Å². The molecule has 0 aliphatic heterocycles. The van der Waals surface area contributed by atoms with E-state index in [0.29, 0.717) is 19.0 Å². The summed E-state index contributed by atoms with van der Waals surface area (Å²) in [4.78, 5) is 22.0. The van der Waals surface area contributed by atoms with Crippen LogP contribution in [0, 0.1) is 17.8 Å². The molecule has 4 aliphatic carbocycles. The first-order chi connectivity index (χ1) is 12.0. The molecule has 0 unspecified atom stereocenters. The van der Waals surface area contributed by atoms with E-state index in [2.05, 4.69) is 0 Å². The lowest BCUT2D eigenvalue weighted by Gasteiger charge is -2.56. The van der Waals surface area contributed by atoms with Gasteiger partial charge in [-0.2, -0.15) is 0 Å². The van der Waals surface area contributed by atoms with Gasteiger partial charge in [-0.1, -0.05) is 0 Å². The van der Waals surface area contributed by atoms with Crippen LogP contribution in [0.25, 0.3) is 0 Å². The number of ketones is 1. The lowest BCUT2D eigenvalue weighted by atomic mass is 9.54. The molecule has 4 fully saturated rings. The van der Waals surface area contributed by atoms with Crippen LogP contribution in [0.15, 0.2) is 24.3 Å². The Balaban J connectivity index is 1.26. The summed E-state index contributed by atoms with van der Waals surface area (Å²) in [5.41, 5.74) is 0.250. The smallest absolute Gasteiger partial charge is 0.377 e. The van der Waals surface area contributed by atoms with E-state index in [1.807, 2.05) is 0 Å². The van der Waals surface area contributed by atoms with Gasteiger partial charge in [0.2, 0.25) is 0 Å². The summed E-state index contributed by atoms with van der Waals surface area (Å²) in [6, 6.07) is 6.21. The van der Waals surface area contributed by atoms with Crippen LogP contribution < -0.4 is 4.74 Å². The maximum Gasteiger partial charge on any atom is 0.377 e. The van der Waals surface area contributed by atoms with Crippen molar-refractivity contribution in [3.8, 4) is 5.75 Å². The van der Waals surface area contributed by atoms with Crippen molar-refractivity contribution < 1.29 is 24.2 Å². The molecule has 0 amide bonds. The summed E-state index contributed by atoms with van der Waals surface area (Å²) in [6.45, 7) is 1.04. The van der Waals surface area contributed by atoms with E-state index in [1.54, 1.807) is 12.1 Å². The molecular formula is C20H24O5. The molecule has 0 saturated heterocycles. The topological polar surface area (TPSA) is 72.8 Å². The van der Waals surface area contributed by atoms with E-state index >= 15 is 0 Å². The van der Waals surface area contributed by atoms with Crippen molar-refractivity contribution in [3.63, 3.8) is 0 Å². The van der Waals surface area contributed by atoms with Crippen molar-refractivity contribution in [2.24, 2.45) is 17.8 Å². The Hall–Kier alpha value is -1.88. The standard InChI is InChI=1S/C20H24O5/c21-18(19(22)23)16-1-3-17(4-2-16)24-5-6-25-20-10-13-7-14(11-20)9-15(8-13)12-20/h1-4,13-15H,5-12H2,(H,22,23). The molecule has 5 rings (SSSR count). The first-order valence-electron chi connectivity index (χ1n) is 9.17. The fraction of sp³-hybridized carbons (Fsp3) is 0.600. The van der Waals surface area contributed by atoms with Gasteiger partial charge in [0.15, 0.2) is 0 Å². The number of Topliss-reactive ketones (excluding diaryl/α,β-unsaturated/α-hetero) is 1. The number of hydrogen-bond donors (Lipinski definition) is 1. The summed E-state index contributed by atoms with van der Waals surface area (Å²) in [5.74, 6) is 0.870. The molecule has 0 radical (unpaired) electrons. The molecule has 0 spiro atoms. The Bertz CT molecular complexity index is 628. The molecule has 4 saturated carbocycles. The predicted molar refractivity (Wildman–Crippen MR) is 90.8 cm³/mol. The highest BCUT2D eigenvalue weighted by Crippen LogP contribution is 2.57. The van der Waals surface area contributed by atoms with E-state index in [9.17, 15) is 9.59 Å². The number of benzene rings is 1. The lowest BCUT2D eigenvalue weighted by molar-refractivity contribution is -0.165. The molecule has 134 valence electrons. The van der Waals surface area contributed by atoms with Crippen LogP contribution in [0.3, 0.4) is 0 Å². The number of carboxylic acids is 1. The Morgan fingerprint density at radius 1 is 0.960 bits per heavy atom. The van der Waals surface area contributed by atoms with Gasteiger partial charge in [-0.05, 0) is 80.5 Å². The van der Waals surface area contributed by atoms with Gasteiger partial charge in [-0.15, -0.1) is 0 Å². The van der Waals surface area contributed by atoms with Gasteiger partial charge in [0.05, 0.1) is 12.2 Å². The highest BCUT2D eigenvalue weighted by atomic mass is 16.5. The third-order valence-electron chi connectivity index (χ3n) is 6.05. The summed E-state index contributed by atoms with van der Waals surface area (Å²) >= 11 is 0. The van der Waals surface area contributed by atoms with Crippen LogP contribution in [0.4, 0.5) is 0 Å². The van der Waals surface area contributed by atoms with Crippen LogP contribution >= 0.6 is 0 Å². The molecule has 4 aliphatic rings. The second-order valence-electron chi connectivity index (χ2n) is 7.96. The van der Waals surface area contributed by atoms with E-state index in [1.165, 1.54) is 50.7 Å². The van der Waals surface area contributed by atoms with Gasteiger partial charge in [-0.25, -0.2) is 4.79 Å². The van der Waals surface area contributed by atoms with E-state index in [4.69, 9.17) is 14.6 Å². The number of hydrogen-bond acceptors (Lipinski definition) is 4. The number of aliphatic carboxylic acids is 1. The maximum absolute atomic E-state index is 11.4. The number of rotatable bonds is 7. The minimum Gasteiger partial charge on any atom is -0.491 e. The molecule has 5 nitrogen and oxygen atoms in total. The summed E-state index contributed by atoms with van der Waals surface area (Å²) in [6.07, 6.45) is 7.85. The fourth-order valence-corrected chi connectivity index (χ4v) is 5.45. The van der Waals surface area contributed by atoms with Crippen molar-refractivity contribution >= 4 is 11.8 Å². The quantitative estimate of drug-likeness (QED) is 0.467. The van der Waals surface area contributed by atoms with Crippen molar-refractivity contribution in [3.05, 3.63) is 29.8 Å². The van der Waals surface area contributed by atoms with Crippen LogP contribution in [0.2, 0.25) is 0 Å². The molecule has 5 heteroatoms. The predicted octanol–water partition coefficient (Wildman–Crippen LogP) is 3.32. The highest BCUT2D eigenvalue weighted by molar-refractivity contribution is 6.39. The van der Waals surface area contributed by atoms with Gasteiger partial charge in [-0.3, -0.25) is 4.79 Å². The van der Waals surface area contributed by atoms with Crippen molar-refractivity contribution in [2.75, 3.05) is 13.2 Å². The summed E-state index contributed by atoms with van der Waals surface area (Å²) in [7, 11) is 0. The van der Waals surface area contributed by atoms with Gasteiger partial charge >= 0.3 is 5.97 Å². The van der Waals surface area contributed by atoms with Gasteiger partial charge < -0.3 is 14.6 Å². The first-order valence-corrected chi connectivity index (χ1v) is 9.17.